The van der Waals surface area contributed by atoms with E-state index in [4.69, 9.17) is 4.74 Å². The maximum Gasteiger partial charge on any atom is 0.0727 e. The van der Waals surface area contributed by atoms with Crippen LogP contribution in [0, 0.1) is 0 Å². The van der Waals surface area contributed by atoms with Gasteiger partial charge in [-0.2, -0.15) is 0 Å². The van der Waals surface area contributed by atoms with E-state index in [9.17, 15) is 0 Å². The molecule has 1 unspecified atom stereocenters. The predicted octanol–water partition coefficient (Wildman–Crippen LogP) is 3.23. The predicted molar refractivity (Wildman–Crippen MR) is 53.6 cm³/mol. The van der Waals surface area contributed by atoms with E-state index >= 15 is 0 Å². The second-order valence-corrected chi connectivity index (χ2v) is 3.79. The summed E-state index contributed by atoms with van der Waals surface area (Å²) in [4.78, 5) is 0. The van der Waals surface area contributed by atoms with Crippen LogP contribution in [0.1, 0.15) is 42.9 Å². The number of ether oxygens (including phenoxy) is 1. The lowest BCUT2D eigenvalue weighted by molar-refractivity contribution is 0.134. The Morgan fingerprint density at radius 2 is 2.23 bits per heavy atom. The molecule has 0 N–H and O–H groups in total. The summed E-state index contributed by atoms with van der Waals surface area (Å²) in [6.07, 6.45) is 1.20. The summed E-state index contributed by atoms with van der Waals surface area (Å²) in [5, 5.41) is 0. The minimum Gasteiger partial charge on any atom is -0.372 e. The zero-order chi connectivity index (χ0) is 9.26. The Morgan fingerprint density at radius 1 is 1.38 bits per heavy atom. The van der Waals surface area contributed by atoms with Gasteiger partial charge in [0.1, 0.15) is 0 Å². The number of fused-ring (bicyclic) bond motifs is 1. The topological polar surface area (TPSA) is 9.23 Å². The summed E-state index contributed by atoms with van der Waals surface area (Å²) in [6, 6.07) is 6.56. The first kappa shape index (κ1) is 8.76. The van der Waals surface area contributed by atoms with E-state index < -0.39 is 0 Å². The van der Waals surface area contributed by atoms with E-state index in [0.29, 0.717) is 5.92 Å². The highest BCUT2D eigenvalue weighted by Gasteiger charge is 2.16. The van der Waals surface area contributed by atoms with Crippen LogP contribution in [0.4, 0.5) is 0 Å². The van der Waals surface area contributed by atoms with Crippen LogP contribution in [0.15, 0.2) is 18.2 Å². The highest BCUT2D eigenvalue weighted by atomic mass is 16.5. The van der Waals surface area contributed by atoms with Crippen LogP contribution in [0.25, 0.3) is 0 Å². The maximum absolute atomic E-state index is 5.45. The number of hydrogen-bond donors (Lipinski definition) is 0. The molecule has 1 aromatic rings. The van der Waals surface area contributed by atoms with Crippen molar-refractivity contribution in [3.63, 3.8) is 0 Å². The van der Waals surface area contributed by atoms with Crippen molar-refractivity contribution in [2.24, 2.45) is 0 Å². The summed E-state index contributed by atoms with van der Waals surface area (Å²) in [7, 11) is 0. The van der Waals surface area contributed by atoms with Crippen LogP contribution in [-0.2, 0) is 18.0 Å². The van der Waals surface area contributed by atoms with Gasteiger partial charge in [0.05, 0.1) is 13.2 Å². The first-order valence-electron chi connectivity index (χ1n) is 5.01. The van der Waals surface area contributed by atoms with Crippen LogP contribution in [0.2, 0.25) is 0 Å². The molecular formula is C12H16O. The number of benzene rings is 1. The van der Waals surface area contributed by atoms with Crippen molar-refractivity contribution in [2.75, 3.05) is 0 Å². The van der Waals surface area contributed by atoms with Crippen molar-refractivity contribution in [2.45, 2.75) is 39.4 Å². The van der Waals surface area contributed by atoms with Gasteiger partial charge in [0, 0.05) is 0 Å². The molecule has 1 atom stereocenters. The molecule has 0 saturated carbocycles. The van der Waals surface area contributed by atoms with E-state index in [0.717, 1.165) is 13.2 Å². The van der Waals surface area contributed by atoms with Crippen molar-refractivity contribution in [1.29, 1.82) is 0 Å². The smallest absolute Gasteiger partial charge is 0.0727 e. The lowest BCUT2D eigenvalue weighted by atomic mass is 9.92. The zero-order valence-corrected chi connectivity index (χ0v) is 8.34. The summed E-state index contributed by atoms with van der Waals surface area (Å²) in [5.74, 6) is 0.664. The van der Waals surface area contributed by atoms with Gasteiger partial charge in [-0.1, -0.05) is 32.0 Å². The Morgan fingerprint density at radius 3 is 3.00 bits per heavy atom. The van der Waals surface area contributed by atoms with Gasteiger partial charge in [-0.05, 0) is 29.0 Å². The fourth-order valence-electron chi connectivity index (χ4n) is 1.91. The molecule has 1 heterocycles. The zero-order valence-electron chi connectivity index (χ0n) is 8.34. The third kappa shape index (κ3) is 1.49. The van der Waals surface area contributed by atoms with Crippen molar-refractivity contribution in [3.05, 3.63) is 34.9 Å². The molecule has 2 rings (SSSR count). The molecule has 70 valence electrons. The Labute approximate surface area is 79.7 Å². The average molecular weight is 176 g/mol. The number of hydrogen-bond acceptors (Lipinski definition) is 1. The Hall–Kier alpha value is -0.820. The second-order valence-electron chi connectivity index (χ2n) is 3.79. The molecule has 0 aliphatic carbocycles. The quantitative estimate of drug-likeness (QED) is 0.672. The molecule has 0 saturated heterocycles. The first-order valence-corrected chi connectivity index (χ1v) is 5.01. The fraction of sp³-hybridized carbons (Fsp3) is 0.500. The largest absolute Gasteiger partial charge is 0.372 e. The highest BCUT2D eigenvalue weighted by Crippen LogP contribution is 2.29. The molecule has 0 radical (unpaired) electrons. The molecule has 13 heavy (non-hydrogen) atoms. The van der Waals surface area contributed by atoms with E-state index in [2.05, 4.69) is 32.0 Å². The summed E-state index contributed by atoms with van der Waals surface area (Å²) >= 11 is 0. The van der Waals surface area contributed by atoms with Crippen LogP contribution in [0.3, 0.4) is 0 Å². The lowest BCUT2D eigenvalue weighted by Crippen LogP contribution is -1.97. The van der Waals surface area contributed by atoms with Gasteiger partial charge >= 0.3 is 0 Å². The third-order valence-electron chi connectivity index (χ3n) is 2.96. The Kier molecular flexibility index (Phi) is 2.36. The van der Waals surface area contributed by atoms with Gasteiger partial charge in [-0.15, -0.1) is 0 Å². The number of rotatable bonds is 2. The van der Waals surface area contributed by atoms with Gasteiger partial charge in [0.2, 0.25) is 0 Å². The molecule has 1 aliphatic rings. The van der Waals surface area contributed by atoms with Crippen molar-refractivity contribution >= 4 is 0 Å². The molecule has 1 nitrogen and oxygen atoms in total. The Bertz CT molecular complexity index is 304. The van der Waals surface area contributed by atoms with Crippen LogP contribution < -0.4 is 0 Å². The molecule has 0 spiro atoms. The molecule has 0 aromatic heterocycles. The minimum absolute atomic E-state index is 0.664. The lowest BCUT2D eigenvalue weighted by Gasteiger charge is -2.12. The summed E-state index contributed by atoms with van der Waals surface area (Å²) < 4.78 is 5.45. The van der Waals surface area contributed by atoms with Gasteiger partial charge in [-0.3, -0.25) is 0 Å². The van der Waals surface area contributed by atoms with Crippen LogP contribution >= 0.6 is 0 Å². The van der Waals surface area contributed by atoms with Crippen LogP contribution in [-0.4, -0.2) is 0 Å². The normalized spacial score (nSPS) is 17.1. The molecule has 1 aromatic carbocycles. The molecule has 1 heteroatoms. The van der Waals surface area contributed by atoms with Gasteiger partial charge in [0.25, 0.3) is 0 Å². The fourth-order valence-corrected chi connectivity index (χ4v) is 1.91. The SMILES string of the molecule is CCC(C)c1cccc2c1COC2. The average Bonchev–Trinajstić information content (AvgIpc) is 2.63. The van der Waals surface area contributed by atoms with Gasteiger partial charge in [-0.25, -0.2) is 0 Å². The summed E-state index contributed by atoms with van der Waals surface area (Å²) in [5.41, 5.74) is 4.31. The third-order valence-corrected chi connectivity index (χ3v) is 2.96. The van der Waals surface area contributed by atoms with Crippen molar-refractivity contribution in [1.82, 2.24) is 0 Å². The molecule has 0 amide bonds. The van der Waals surface area contributed by atoms with E-state index in [1.54, 1.807) is 0 Å². The molecule has 0 fully saturated rings. The van der Waals surface area contributed by atoms with Gasteiger partial charge < -0.3 is 4.74 Å². The van der Waals surface area contributed by atoms with E-state index in [1.807, 2.05) is 0 Å². The highest BCUT2D eigenvalue weighted by molar-refractivity contribution is 5.38. The molecule has 0 bridgehead atoms. The minimum atomic E-state index is 0.664. The van der Waals surface area contributed by atoms with Crippen molar-refractivity contribution in [3.8, 4) is 0 Å². The monoisotopic (exact) mass is 176 g/mol. The standard InChI is InChI=1S/C12H16O/c1-3-9(2)11-6-4-5-10-7-13-8-12(10)11/h4-6,9H,3,7-8H2,1-2H3. The molecular weight excluding hydrogens is 160 g/mol. The Balaban J connectivity index is 2.41. The van der Waals surface area contributed by atoms with Crippen LogP contribution in [0.5, 0.6) is 0 Å². The maximum atomic E-state index is 5.45. The van der Waals surface area contributed by atoms with E-state index in [1.165, 1.54) is 23.1 Å². The van der Waals surface area contributed by atoms with E-state index in [-0.39, 0.29) is 0 Å². The first-order chi connectivity index (χ1) is 6.33. The second kappa shape index (κ2) is 3.51. The van der Waals surface area contributed by atoms with Crippen molar-refractivity contribution < 1.29 is 4.74 Å². The summed E-state index contributed by atoms with van der Waals surface area (Å²) in [6.45, 7) is 6.14. The molecule has 1 aliphatic heterocycles. The van der Waals surface area contributed by atoms with Gasteiger partial charge in [0.15, 0.2) is 0 Å².